The molecule has 0 heterocycles. The molecular formula is C18H18F11N3O8S. The first-order valence-corrected chi connectivity index (χ1v) is 11.2. The van der Waals surface area contributed by atoms with Gasteiger partial charge in [-0.15, -0.1) is 11.8 Å². The van der Waals surface area contributed by atoms with Crippen molar-refractivity contribution in [2.24, 2.45) is 5.73 Å². The Balaban J connectivity index is 6.36. The zero-order valence-electron chi connectivity index (χ0n) is 19.6. The third-order valence-corrected chi connectivity index (χ3v) is 5.76. The summed E-state index contributed by atoms with van der Waals surface area (Å²) in [4.78, 5) is 53.6. The van der Waals surface area contributed by atoms with E-state index in [1.54, 1.807) is 10.6 Å². The van der Waals surface area contributed by atoms with E-state index in [0.717, 1.165) is 0 Å². The number of carbonyl (C=O) groups excluding carboxylic acids is 2. The number of aliphatic carboxylic acids is 3. The zero-order chi connectivity index (χ0) is 32.8. The molecule has 0 spiro atoms. The Labute approximate surface area is 224 Å². The van der Waals surface area contributed by atoms with Gasteiger partial charge in [-0.2, -0.15) is 48.3 Å². The largest absolute Gasteiger partial charge is 0.480 e. The average molecular weight is 645 g/mol. The first-order valence-electron chi connectivity index (χ1n) is 10.2. The Bertz CT molecular complexity index is 1050. The summed E-state index contributed by atoms with van der Waals surface area (Å²) in [5, 5.41) is 29.2. The molecule has 0 rings (SSSR count). The number of hydrogen-bond donors (Lipinski definition) is 6. The molecule has 0 aromatic heterocycles. The van der Waals surface area contributed by atoms with Crippen LogP contribution in [0.4, 0.5) is 48.3 Å². The summed E-state index contributed by atoms with van der Waals surface area (Å²) < 4.78 is 148. The molecule has 0 saturated heterocycles. The quantitative estimate of drug-likeness (QED) is 0.106. The van der Waals surface area contributed by atoms with Crippen LogP contribution in [0.5, 0.6) is 0 Å². The van der Waals surface area contributed by atoms with Crippen molar-refractivity contribution in [2.75, 3.05) is 12.3 Å². The highest BCUT2D eigenvalue weighted by Crippen LogP contribution is 2.59. The van der Waals surface area contributed by atoms with Gasteiger partial charge in [0.1, 0.15) is 18.6 Å². The first-order chi connectivity index (χ1) is 18.2. The van der Waals surface area contributed by atoms with E-state index >= 15 is 0 Å². The number of hydrogen-bond acceptors (Lipinski definition) is 7. The van der Waals surface area contributed by atoms with Crippen molar-refractivity contribution in [2.45, 2.75) is 54.8 Å². The number of allylic oxidation sites excluding steroid dienone is 1. The predicted octanol–water partition coefficient (Wildman–Crippen LogP) is 1.67. The average Bonchev–Trinajstić information content (AvgIpc) is 2.80. The normalized spacial score (nSPS) is 15.1. The molecule has 0 bridgehead atoms. The second kappa shape index (κ2) is 13.5. The van der Waals surface area contributed by atoms with Crippen molar-refractivity contribution in [1.29, 1.82) is 0 Å². The lowest BCUT2D eigenvalue weighted by Crippen LogP contribution is -2.66. The number of nitrogens with two attached hydrogens (primary N) is 1. The van der Waals surface area contributed by atoms with E-state index in [1.165, 1.54) is 0 Å². The molecule has 0 radical (unpaired) electrons. The van der Waals surface area contributed by atoms with Crippen LogP contribution >= 0.6 is 11.8 Å². The fraction of sp³-hybridized carbons (Fsp3) is 0.611. The van der Waals surface area contributed by atoms with Gasteiger partial charge in [-0.3, -0.25) is 19.2 Å². The summed E-state index contributed by atoms with van der Waals surface area (Å²) in [6.45, 7) is -1.23. The molecule has 0 unspecified atom stereocenters. The number of carbonyl (C=O) groups is 5. The fourth-order valence-corrected chi connectivity index (χ4v) is 3.46. The number of amides is 2. The van der Waals surface area contributed by atoms with Gasteiger partial charge in [-0.25, -0.2) is 4.79 Å². The molecule has 0 saturated carbocycles. The van der Waals surface area contributed by atoms with Crippen LogP contribution in [-0.2, 0) is 24.0 Å². The Kier molecular flexibility index (Phi) is 12.4. The lowest BCUT2D eigenvalue weighted by Gasteiger charge is -2.37. The number of carboxylic acids is 3. The maximum Gasteiger partial charge on any atom is 0.460 e. The molecule has 0 aliphatic rings. The Hall–Kier alpha value is -3.37. The molecule has 0 aromatic carbocycles. The molecule has 41 heavy (non-hydrogen) atoms. The van der Waals surface area contributed by atoms with E-state index in [4.69, 9.17) is 21.1 Å². The highest BCUT2D eigenvalue weighted by molar-refractivity contribution is 8.03. The van der Waals surface area contributed by atoms with Crippen molar-refractivity contribution in [3.8, 4) is 0 Å². The van der Waals surface area contributed by atoms with E-state index in [9.17, 15) is 72.3 Å². The summed E-state index contributed by atoms with van der Waals surface area (Å²) in [7, 11) is 0. The summed E-state index contributed by atoms with van der Waals surface area (Å²) in [5.41, 5.74) is 5.13. The number of halogens is 11. The predicted molar refractivity (Wildman–Crippen MR) is 111 cm³/mol. The van der Waals surface area contributed by atoms with Crippen molar-refractivity contribution in [3.63, 3.8) is 0 Å². The topological polar surface area (TPSA) is 196 Å². The number of carboxylic acid groups (broad SMARTS) is 3. The van der Waals surface area contributed by atoms with Gasteiger partial charge in [0.2, 0.25) is 11.8 Å². The van der Waals surface area contributed by atoms with Crippen LogP contribution in [0.1, 0.15) is 12.8 Å². The molecule has 0 aromatic rings. The Morgan fingerprint density at radius 1 is 0.829 bits per heavy atom. The number of alkyl halides is 11. The molecule has 236 valence electrons. The van der Waals surface area contributed by atoms with Gasteiger partial charge in [0.15, 0.2) is 0 Å². The molecule has 7 N–H and O–H groups in total. The molecule has 2 atom stereocenters. The minimum Gasteiger partial charge on any atom is -0.480 e. The fourth-order valence-electron chi connectivity index (χ4n) is 2.38. The smallest absolute Gasteiger partial charge is 0.460 e. The van der Waals surface area contributed by atoms with Gasteiger partial charge in [0.05, 0.1) is 4.91 Å². The van der Waals surface area contributed by atoms with Gasteiger partial charge in [0, 0.05) is 18.2 Å². The lowest BCUT2D eigenvalue weighted by molar-refractivity contribution is -0.417. The highest BCUT2D eigenvalue weighted by Gasteiger charge is 2.87. The minimum atomic E-state index is -7.88. The van der Waals surface area contributed by atoms with E-state index in [1.807, 2.05) is 0 Å². The van der Waals surface area contributed by atoms with Gasteiger partial charge in [-0.05, 0) is 6.42 Å². The Morgan fingerprint density at radius 3 is 1.76 bits per heavy atom. The molecule has 11 nitrogen and oxygen atoms in total. The van der Waals surface area contributed by atoms with E-state index in [-0.39, 0.29) is 0 Å². The molecule has 2 amide bonds. The lowest BCUT2D eigenvalue weighted by atomic mass is 9.97. The van der Waals surface area contributed by atoms with Crippen molar-refractivity contribution in [3.05, 3.63) is 11.0 Å². The summed E-state index contributed by atoms with van der Waals surface area (Å²) in [6, 6.07) is -3.97. The van der Waals surface area contributed by atoms with Crippen LogP contribution < -0.4 is 16.4 Å². The zero-order valence-corrected chi connectivity index (χ0v) is 20.4. The second-order valence-electron chi connectivity index (χ2n) is 7.67. The standard InChI is InChI=1S/C18H18F11N3O8S/c19-14(20,15(21,22)16(23,24)17(25,26)18(27,28)29)8(3-10(34)35)41-5-7(12(38)31-4-11(36)37)32-9(33)2-1-6(30)13(39)40/h3,6-7H,1-2,4-5,30H2,(H,31,38)(H,32,33)(H,34,35)(H,36,37)(H,39,40)/b8-3+/t6-,7-/m0/s1. The van der Waals surface area contributed by atoms with E-state index in [2.05, 4.69) is 0 Å². The molecule has 0 fully saturated rings. The van der Waals surface area contributed by atoms with Crippen molar-refractivity contribution < 1.29 is 87.6 Å². The van der Waals surface area contributed by atoms with Crippen molar-refractivity contribution >= 4 is 41.5 Å². The first kappa shape index (κ1) is 37.6. The third-order valence-electron chi connectivity index (χ3n) is 4.57. The Morgan fingerprint density at radius 2 is 1.34 bits per heavy atom. The van der Waals surface area contributed by atoms with E-state index < -0.39 is 120 Å². The number of rotatable bonds is 16. The van der Waals surface area contributed by atoms with Crippen LogP contribution in [0.25, 0.3) is 0 Å². The molecule has 23 heteroatoms. The molecular weight excluding hydrogens is 627 g/mol. The minimum absolute atomic E-state index is 0.630. The number of thioether (sulfide) groups is 1. The maximum absolute atomic E-state index is 14.5. The second-order valence-corrected chi connectivity index (χ2v) is 8.73. The monoisotopic (exact) mass is 645 g/mol. The van der Waals surface area contributed by atoms with Gasteiger partial charge in [-0.1, -0.05) is 0 Å². The van der Waals surface area contributed by atoms with Crippen LogP contribution in [0.2, 0.25) is 0 Å². The summed E-state index contributed by atoms with van der Waals surface area (Å²) in [5.74, 6) is -40.6. The van der Waals surface area contributed by atoms with Gasteiger partial charge in [0.25, 0.3) is 0 Å². The van der Waals surface area contributed by atoms with E-state index in [0.29, 0.717) is 0 Å². The number of nitrogens with one attached hydrogen (secondary N) is 2. The highest BCUT2D eigenvalue weighted by atomic mass is 32.2. The maximum atomic E-state index is 14.5. The van der Waals surface area contributed by atoms with Gasteiger partial charge >= 0.3 is 47.8 Å². The third kappa shape index (κ3) is 9.06. The van der Waals surface area contributed by atoms with Crippen LogP contribution in [-0.4, -0.2) is 99.3 Å². The van der Waals surface area contributed by atoms with Crippen molar-refractivity contribution in [1.82, 2.24) is 10.6 Å². The van der Waals surface area contributed by atoms with Gasteiger partial charge < -0.3 is 31.7 Å². The van der Waals surface area contributed by atoms with Crippen LogP contribution in [0, 0.1) is 0 Å². The molecule has 0 aliphatic carbocycles. The molecule has 0 aliphatic heterocycles. The van der Waals surface area contributed by atoms with Crippen LogP contribution in [0.3, 0.4) is 0 Å². The summed E-state index contributed by atoms with van der Waals surface area (Å²) >= 11 is -0.991. The van der Waals surface area contributed by atoms with Crippen LogP contribution in [0.15, 0.2) is 11.0 Å². The SMILES string of the molecule is N[C@@H](CCC(=O)N[C@@H](CS/C(=C/C(=O)O)C(F)(F)C(F)(F)C(F)(F)C(F)(F)C(F)(F)F)C(=O)NCC(=O)O)C(=O)O. The summed E-state index contributed by atoms with van der Waals surface area (Å²) in [6.07, 6.45) is -9.92.